The lowest BCUT2D eigenvalue weighted by atomic mass is 9.85. The molecule has 0 atom stereocenters. The van der Waals surface area contributed by atoms with Crippen molar-refractivity contribution in [3.05, 3.63) is 65.7 Å². The van der Waals surface area contributed by atoms with Gasteiger partial charge < -0.3 is 14.7 Å². The molecule has 2 aliphatic rings. The third kappa shape index (κ3) is 5.24. The highest BCUT2D eigenvalue weighted by Crippen LogP contribution is 2.28. The first-order valence-corrected chi connectivity index (χ1v) is 10.6. The van der Waals surface area contributed by atoms with E-state index in [1.165, 1.54) is 5.56 Å². The molecule has 5 heteroatoms. The van der Waals surface area contributed by atoms with Gasteiger partial charge in [-0.1, -0.05) is 30.3 Å². The Labute approximate surface area is 172 Å². The number of nitrogens with zero attached hydrogens (tertiary/aromatic N) is 2. The van der Waals surface area contributed by atoms with Crippen molar-refractivity contribution in [1.82, 2.24) is 4.90 Å². The highest BCUT2D eigenvalue weighted by molar-refractivity contribution is 5.97. The van der Waals surface area contributed by atoms with Crippen molar-refractivity contribution >= 4 is 11.5 Å². The van der Waals surface area contributed by atoms with Gasteiger partial charge >= 0.3 is 0 Å². The van der Waals surface area contributed by atoms with Gasteiger partial charge in [-0.15, -0.1) is 0 Å². The number of ether oxygens (including phenoxy) is 1. The average Bonchev–Trinajstić information content (AvgIpc) is 2.77. The van der Waals surface area contributed by atoms with Crippen LogP contribution in [0.1, 0.15) is 35.2 Å². The Balaban J connectivity index is 1.30. The maximum Gasteiger partial charge on any atom is 0.165 e. The van der Waals surface area contributed by atoms with Crippen molar-refractivity contribution in [1.29, 1.82) is 0 Å². The summed E-state index contributed by atoms with van der Waals surface area (Å²) in [5, 5.41) is 11.0. The summed E-state index contributed by atoms with van der Waals surface area (Å²) in [5.41, 5.74) is 2.20. The van der Waals surface area contributed by atoms with Crippen LogP contribution in [0.5, 0.6) is 0 Å². The molecule has 0 radical (unpaired) electrons. The second-order valence-corrected chi connectivity index (χ2v) is 8.23. The summed E-state index contributed by atoms with van der Waals surface area (Å²) in [7, 11) is 0. The Hall–Kier alpha value is -2.21. The Morgan fingerprint density at radius 3 is 2.24 bits per heavy atom. The maximum absolute atomic E-state index is 12.8. The Morgan fingerprint density at radius 1 is 0.931 bits per heavy atom. The predicted octanol–water partition coefficient (Wildman–Crippen LogP) is 3.12. The monoisotopic (exact) mass is 394 g/mol. The quantitative estimate of drug-likeness (QED) is 0.763. The third-order valence-electron chi connectivity index (χ3n) is 6.09. The van der Waals surface area contributed by atoms with Gasteiger partial charge in [-0.3, -0.25) is 9.69 Å². The summed E-state index contributed by atoms with van der Waals surface area (Å²) in [6.07, 6.45) is 1.47. The second kappa shape index (κ2) is 9.08. The fourth-order valence-electron chi connectivity index (χ4n) is 4.23. The SMILES string of the molecule is O=C(CC1(O)CCN(Cc2ccccc2)CC1)c1ccc(N2CCOCC2)cc1. The highest BCUT2D eigenvalue weighted by atomic mass is 16.5. The van der Waals surface area contributed by atoms with Crippen LogP contribution in [0.4, 0.5) is 5.69 Å². The zero-order valence-corrected chi connectivity index (χ0v) is 16.9. The Morgan fingerprint density at radius 2 is 1.59 bits per heavy atom. The normalized spacial score (nSPS) is 19.8. The smallest absolute Gasteiger partial charge is 0.165 e. The van der Waals surface area contributed by atoms with E-state index in [-0.39, 0.29) is 12.2 Å². The van der Waals surface area contributed by atoms with Crippen LogP contribution in [-0.2, 0) is 11.3 Å². The summed E-state index contributed by atoms with van der Waals surface area (Å²) >= 11 is 0. The zero-order chi connectivity index (χ0) is 20.1. The van der Waals surface area contributed by atoms with Crippen LogP contribution in [0.25, 0.3) is 0 Å². The van der Waals surface area contributed by atoms with Gasteiger partial charge in [-0.05, 0) is 42.7 Å². The molecule has 5 nitrogen and oxygen atoms in total. The van der Waals surface area contributed by atoms with Gasteiger partial charge in [0.25, 0.3) is 0 Å². The molecule has 0 spiro atoms. The van der Waals surface area contributed by atoms with Crippen molar-refractivity contribution in [3.8, 4) is 0 Å². The summed E-state index contributed by atoms with van der Waals surface area (Å²) in [5.74, 6) is 0.0255. The molecule has 2 aromatic carbocycles. The fourth-order valence-corrected chi connectivity index (χ4v) is 4.23. The van der Waals surface area contributed by atoms with Gasteiger partial charge in [0.05, 0.1) is 18.8 Å². The average molecular weight is 395 g/mol. The molecular weight excluding hydrogens is 364 g/mol. The van der Waals surface area contributed by atoms with E-state index in [9.17, 15) is 9.90 Å². The number of piperidine rings is 1. The molecule has 0 unspecified atom stereocenters. The number of hydrogen-bond donors (Lipinski definition) is 1. The summed E-state index contributed by atoms with van der Waals surface area (Å²) in [4.78, 5) is 17.4. The molecule has 2 heterocycles. The number of carbonyl (C=O) groups is 1. The van der Waals surface area contributed by atoms with Gasteiger partial charge in [0.2, 0.25) is 0 Å². The van der Waals surface area contributed by atoms with Crippen molar-refractivity contribution in [2.45, 2.75) is 31.4 Å². The molecule has 1 N–H and O–H groups in total. The molecule has 2 fully saturated rings. The first-order chi connectivity index (χ1) is 14.1. The van der Waals surface area contributed by atoms with Crippen molar-refractivity contribution < 1.29 is 14.6 Å². The molecule has 0 bridgehead atoms. The van der Waals surface area contributed by atoms with Crippen molar-refractivity contribution in [3.63, 3.8) is 0 Å². The first-order valence-electron chi connectivity index (χ1n) is 10.6. The van der Waals surface area contributed by atoms with Crippen LogP contribution in [0, 0.1) is 0 Å². The number of Topliss-reactive ketones (excluding diaryl/α,β-unsaturated/α-hetero) is 1. The van der Waals surface area contributed by atoms with Crippen molar-refractivity contribution in [2.75, 3.05) is 44.3 Å². The first kappa shape index (κ1) is 20.1. The second-order valence-electron chi connectivity index (χ2n) is 8.23. The number of anilines is 1. The lowest BCUT2D eigenvalue weighted by Gasteiger charge is -2.38. The van der Waals surface area contributed by atoms with Crippen LogP contribution in [0.3, 0.4) is 0 Å². The van der Waals surface area contributed by atoms with Gasteiger partial charge in [-0.25, -0.2) is 0 Å². The van der Waals surface area contributed by atoms with Gasteiger partial charge in [0.15, 0.2) is 5.78 Å². The number of likely N-dealkylation sites (tertiary alicyclic amines) is 1. The van der Waals surface area contributed by atoms with E-state index in [4.69, 9.17) is 4.74 Å². The van der Waals surface area contributed by atoms with E-state index < -0.39 is 5.60 Å². The molecule has 0 aliphatic carbocycles. The largest absolute Gasteiger partial charge is 0.389 e. The van der Waals surface area contributed by atoms with Crippen LogP contribution in [0.2, 0.25) is 0 Å². The van der Waals surface area contributed by atoms with Crippen LogP contribution < -0.4 is 4.90 Å². The molecule has 2 aromatic rings. The lowest BCUT2D eigenvalue weighted by molar-refractivity contribution is -0.0241. The minimum absolute atomic E-state index is 0.0255. The summed E-state index contributed by atoms with van der Waals surface area (Å²) < 4.78 is 5.39. The topological polar surface area (TPSA) is 53.0 Å². The molecule has 154 valence electrons. The summed E-state index contributed by atoms with van der Waals surface area (Å²) in [6.45, 7) is 5.78. The summed E-state index contributed by atoms with van der Waals surface area (Å²) in [6, 6.07) is 18.2. The maximum atomic E-state index is 12.8. The number of aliphatic hydroxyl groups is 1. The van der Waals surface area contributed by atoms with Gasteiger partial charge in [0, 0.05) is 50.4 Å². The number of benzene rings is 2. The Bertz CT molecular complexity index is 793. The minimum atomic E-state index is -0.896. The van der Waals surface area contributed by atoms with Crippen LogP contribution in [-0.4, -0.2) is 60.8 Å². The Kier molecular flexibility index (Phi) is 6.28. The zero-order valence-electron chi connectivity index (χ0n) is 16.9. The molecule has 0 aromatic heterocycles. The molecule has 2 saturated heterocycles. The molecule has 29 heavy (non-hydrogen) atoms. The number of rotatable bonds is 6. The fraction of sp³-hybridized carbons (Fsp3) is 0.458. The van der Waals surface area contributed by atoms with Crippen LogP contribution >= 0.6 is 0 Å². The van der Waals surface area contributed by atoms with E-state index in [1.807, 2.05) is 30.3 Å². The predicted molar refractivity (Wildman–Crippen MR) is 114 cm³/mol. The van der Waals surface area contributed by atoms with E-state index in [1.54, 1.807) is 0 Å². The van der Waals surface area contributed by atoms with E-state index >= 15 is 0 Å². The minimum Gasteiger partial charge on any atom is -0.389 e. The lowest BCUT2D eigenvalue weighted by Crippen LogP contribution is -2.45. The molecule has 4 rings (SSSR count). The molecule has 2 aliphatic heterocycles. The van der Waals surface area contributed by atoms with Gasteiger partial charge in [0.1, 0.15) is 0 Å². The van der Waals surface area contributed by atoms with E-state index in [0.29, 0.717) is 18.4 Å². The third-order valence-corrected chi connectivity index (χ3v) is 6.09. The number of hydrogen-bond acceptors (Lipinski definition) is 5. The van der Waals surface area contributed by atoms with E-state index in [2.05, 4.69) is 34.1 Å². The highest BCUT2D eigenvalue weighted by Gasteiger charge is 2.34. The molecule has 0 amide bonds. The van der Waals surface area contributed by atoms with Crippen molar-refractivity contribution in [2.24, 2.45) is 0 Å². The number of morpholine rings is 1. The van der Waals surface area contributed by atoms with Gasteiger partial charge in [-0.2, -0.15) is 0 Å². The molecular formula is C24H30N2O3. The standard InChI is InChI=1S/C24H30N2O3/c27-23(21-6-8-22(9-7-21)26-14-16-29-17-15-26)18-24(28)10-12-25(13-11-24)19-20-4-2-1-3-5-20/h1-9,28H,10-19H2. The van der Waals surface area contributed by atoms with Crippen LogP contribution in [0.15, 0.2) is 54.6 Å². The van der Waals surface area contributed by atoms with E-state index in [0.717, 1.165) is 51.6 Å². The number of ketones is 1. The number of carbonyl (C=O) groups excluding carboxylic acids is 1. The molecule has 0 saturated carbocycles.